The predicted octanol–water partition coefficient (Wildman–Crippen LogP) is 2.50. The summed E-state index contributed by atoms with van der Waals surface area (Å²) in [5.41, 5.74) is 6.63. The maximum atomic E-state index is 11.6. The van der Waals surface area contributed by atoms with Crippen molar-refractivity contribution in [3.05, 3.63) is 34.3 Å². The molecule has 0 aliphatic carbocycles. The normalized spacial score (nSPS) is 11.5. The van der Waals surface area contributed by atoms with Crippen LogP contribution in [0.25, 0.3) is 0 Å². The van der Waals surface area contributed by atoms with E-state index in [9.17, 15) is 8.42 Å². The van der Waals surface area contributed by atoms with E-state index in [1.165, 1.54) is 0 Å². The zero-order chi connectivity index (χ0) is 14.0. The fourth-order valence-electron chi connectivity index (χ4n) is 1.55. The Morgan fingerprint density at radius 1 is 1.37 bits per heavy atom. The SMILES string of the molecule is CS(=O)(=O)c1c(N)nsc1NCc1ccc(Br)cc1. The minimum atomic E-state index is -3.38. The molecule has 0 amide bonds. The molecule has 2 rings (SSSR count). The van der Waals surface area contributed by atoms with Crippen LogP contribution in [0, 0.1) is 0 Å². The lowest BCUT2D eigenvalue weighted by Crippen LogP contribution is -2.05. The molecule has 0 saturated carbocycles. The van der Waals surface area contributed by atoms with Crippen molar-refractivity contribution >= 4 is 48.1 Å². The number of aromatic nitrogens is 1. The lowest BCUT2D eigenvalue weighted by atomic mass is 10.2. The maximum absolute atomic E-state index is 11.6. The van der Waals surface area contributed by atoms with E-state index in [1.807, 2.05) is 24.3 Å². The number of benzene rings is 1. The van der Waals surface area contributed by atoms with Crippen LogP contribution in [0.4, 0.5) is 10.8 Å². The van der Waals surface area contributed by atoms with Gasteiger partial charge in [-0.3, -0.25) is 0 Å². The van der Waals surface area contributed by atoms with Crippen LogP contribution in [-0.4, -0.2) is 19.0 Å². The van der Waals surface area contributed by atoms with Gasteiger partial charge in [0.1, 0.15) is 9.90 Å². The molecule has 0 fully saturated rings. The Morgan fingerprint density at radius 2 is 2.00 bits per heavy atom. The first-order valence-corrected chi connectivity index (χ1v) is 8.77. The van der Waals surface area contributed by atoms with Crippen molar-refractivity contribution in [1.29, 1.82) is 0 Å². The molecule has 1 aromatic heterocycles. The second kappa shape index (κ2) is 5.48. The average Bonchev–Trinajstić information content (AvgIpc) is 2.69. The van der Waals surface area contributed by atoms with Crippen molar-refractivity contribution in [2.45, 2.75) is 11.4 Å². The van der Waals surface area contributed by atoms with Crippen LogP contribution in [0.5, 0.6) is 0 Å². The maximum Gasteiger partial charge on any atom is 0.182 e. The largest absolute Gasteiger partial charge is 0.382 e. The van der Waals surface area contributed by atoms with Crippen LogP contribution in [-0.2, 0) is 16.4 Å². The Kier molecular flexibility index (Phi) is 4.12. The lowest BCUT2D eigenvalue weighted by Gasteiger charge is -2.06. The lowest BCUT2D eigenvalue weighted by molar-refractivity contribution is 0.602. The predicted molar refractivity (Wildman–Crippen MR) is 81.1 cm³/mol. The number of hydrogen-bond acceptors (Lipinski definition) is 6. The van der Waals surface area contributed by atoms with Crippen LogP contribution in [0.3, 0.4) is 0 Å². The summed E-state index contributed by atoms with van der Waals surface area (Å²) in [6.45, 7) is 0.511. The molecule has 0 spiro atoms. The van der Waals surface area contributed by atoms with Crippen molar-refractivity contribution in [1.82, 2.24) is 4.37 Å². The molecular formula is C11H12BrN3O2S2. The molecule has 1 aromatic carbocycles. The van der Waals surface area contributed by atoms with Gasteiger partial charge in [-0.2, -0.15) is 4.37 Å². The quantitative estimate of drug-likeness (QED) is 0.873. The third-order valence-electron chi connectivity index (χ3n) is 2.41. The molecule has 8 heteroatoms. The number of nitrogens with two attached hydrogens (primary N) is 1. The zero-order valence-corrected chi connectivity index (χ0v) is 13.3. The number of nitrogens with zero attached hydrogens (tertiary/aromatic N) is 1. The summed E-state index contributed by atoms with van der Waals surface area (Å²) < 4.78 is 28.1. The molecular weight excluding hydrogens is 350 g/mol. The van der Waals surface area contributed by atoms with Crippen LogP contribution >= 0.6 is 27.5 Å². The van der Waals surface area contributed by atoms with Crippen LogP contribution in [0.15, 0.2) is 33.6 Å². The van der Waals surface area contributed by atoms with Gasteiger partial charge in [-0.05, 0) is 29.2 Å². The van der Waals surface area contributed by atoms with Gasteiger partial charge in [0.25, 0.3) is 0 Å². The average molecular weight is 362 g/mol. The molecule has 0 aliphatic heterocycles. The van der Waals surface area contributed by atoms with Crippen molar-refractivity contribution in [2.24, 2.45) is 0 Å². The monoisotopic (exact) mass is 361 g/mol. The molecule has 0 aliphatic rings. The summed E-state index contributed by atoms with van der Waals surface area (Å²) in [6.07, 6.45) is 1.12. The summed E-state index contributed by atoms with van der Waals surface area (Å²) in [5, 5.41) is 3.53. The van der Waals surface area contributed by atoms with Gasteiger partial charge >= 0.3 is 0 Å². The van der Waals surface area contributed by atoms with Crippen molar-refractivity contribution in [3.8, 4) is 0 Å². The number of nitrogens with one attached hydrogen (secondary N) is 1. The first kappa shape index (κ1) is 14.3. The number of hydrogen-bond donors (Lipinski definition) is 2. The van der Waals surface area contributed by atoms with E-state index in [-0.39, 0.29) is 10.7 Å². The molecule has 0 radical (unpaired) electrons. The third kappa shape index (κ3) is 3.46. The van der Waals surface area contributed by atoms with E-state index >= 15 is 0 Å². The fourth-order valence-corrected chi connectivity index (χ4v) is 3.88. The molecule has 0 saturated heterocycles. The summed E-state index contributed by atoms with van der Waals surface area (Å²) in [5.74, 6) is 0.0470. The molecule has 19 heavy (non-hydrogen) atoms. The van der Waals surface area contributed by atoms with E-state index in [4.69, 9.17) is 5.73 Å². The number of nitrogen functional groups attached to an aromatic ring is 1. The van der Waals surface area contributed by atoms with Gasteiger partial charge in [-0.1, -0.05) is 28.1 Å². The van der Waals surface area contributed by atoms with Gasteiger partial charge in [0.05, 0.1) is 0 Å². The molecule has 102 valence electrons. The van der Waals surface area contributed by atoms with Gasteiger partial charge in [0.15, 0.2) is 15.7 Å². The van der Waals surface area contributed by atoms with E-state index in [0.29, 0.717) is 11.5 Å². The minimum absolute atomic E-state index is 0.0470. The second-order valence-electron chi connectivity index (χ2n) is 3.98. The Labute approximate surface area is 124 Å². The second-order valence-corrected chi connectivity index (χ2v) is 7.62. The summed E-state index contributed by atoms with van der Waals surface area (Å²) >= 11 is 4.41. The number of rotatable bonds is 4. The van der Waals surface area contributed by atoms with Crippen LogP contribution < -0.4 is 11.1 Å². The highest BCUT2D eigenvalue weighted by Gasteiger charge is 2.20. The molecule has 0 bridgehead atoms. The van der Waals surface area contributed by atoms with E-state index in [1.54, 1.807) is 0 Å². The molecule has 1 heterocycles. The van der Waals surface area contributed by atoms with Gasteiger partial charge in [0.2, 0.25) is 0 Å². The Hall–Kier alpha value is -1.12. The molecule has 0 unspecified atom stereocenters. The molecule has 5 nitrogen and oxygen atoms in total. The van der Waals surface area contributed by atoms with Crippen molar-refractivity contribution < 1.29 is 8.42 Å². The van der Waals surface area contributed by atoms with Crippen LogP contribution in [0.1, 0.15) is 5.56 Å². The highest BCUT2D eigenvalue weighted by molar-refractivity contribution is 9.10. The molecule has 3 N–H and O–H groups in total. The Balaban J connectivity index is 2.19. The Bertz CT molecular complexity index is 680. The summed E-state index contributed by atoms with van der Waals surface area (Å²) in [4.78, 5) is 0.0783. The van der Waals surface area contributed by atoms with Gasteiger partial charge in [-0.15, -0.1) is 0 Å². The highest BCUT2D eigenvalue weighted by atomic mass is 79.9. The Morgan fingerprint density at radius 3 is 2.58 bits per heavy atom. The smallest absolute Gasteiger partial charge is 0.182 e. The number of halogens is 1. The van der Waals surface area contributed by atoms with E-state index < -0.39 is 9.84 Å². The van der Waals surface area contributed by atoms with Crippen LogP contribution in [0.2, 0.25) is 0 Å². The first-order chi connectivity index (χ1) is 8.88. The van der Waals surface area contributed by atoms with Crippen molar-refractivity contribution in [3.63, 3.8) is 0 Å². The fraction of sp³-hybridized carbons (Fsp3) is 0.182. The molecule has 0 atom stereocenters. The summed E-state index contributed by atoms with van der Waals surface area (Å²) in [7, 11) is -3.38. The van der Waals surface area contributed by atoms with Crippen molar-refractivity contribution in [2.75, 3.05) is 17.3 Å². The molecule has 2 aromatic rings. The number of anilines is 2. The van der Waals surface area contributed by atoms with Gasteiger partial charge in [-0.25, -0.2) is 8.42 Å². The first-order valence-electron chi connectivity index (χ1n) is 5.31. The van der Waals surface area contributed by atoms with Gasteiger partial charge in [0, 0.05) is 17.3 Å². The highest BCUT2D eigenvalue weighted by Crippen LogP contribution is 2.31. The van der Waals surface area contributed by atoms with Gasteiger partial charge < -0.3 is 11.1 Å². The minimum Gasteiger partial charge on any atom is -0.382 e. The zero-order valence-electron chi connectivity index (χ0n) is 10.1. The van der Waals surface area contributed by atoms with E-state index in [2.05, 4.69) is 25.6 Å². The standard InChI is InChI=1S/C11H12BrN3O2S2/c1-19(16,17)9-10(13)15-18-11(9)14-6-7-2-4-8(12)5-3-7/h2-5,14H,6H2,1H3,(H2,13,15). The topological polar surface area (TPSA) is 85.1 Å². The van der Waals surface area contributed by atoms with E-state index in [0.717, 1.165) is 27.8 Å². The number of sulfone groups is 1. The summed E-state index contributed by atoms with van der Waals surface area (Å²) in [6, 6.07) is 7.74. The third-order valence-corrected chi connectivity index (χ3v) is 5.04.